The third-order valence-corrected chi connectivity index (χ3v) is 5.64. The average Bonchev–Trinajstić information content (AvgIpc) is 3.38. The second-order valence-electron chi connectivity index (χ2n) is 8.76. The summed E-state index contributed by atoms with van der Waals surface area (Å²) in [7, 11) is 0. The normalized spacial score (nSPS) is 14.8. The highest BCUT2D eigenvalue weighted by molar-refractivity contribution is 5.94. The number of carbonyl (C=O) groups excluding carboxylic acids is 4. The predicted octanol–water partition coefficient (Wildman–Crippen LogP) is -2.29. The number of hydrogen-bond donors (Lipinski definition) is 8. The number of carboxylic acid groups (broad SMARTS) is 1. The molecule has 1 heterocycles. The van der Waals surface area contributed by atoms with Crippen LogP contribution in [-0.4, -0.2) is 80.1 Å². The number of amides is 4. The molecule has 0 aliphatic heterocycles. The van der Waals surface area contributed by atoms with Crippen molar-refractivity contribution in [2.24, 2.45) is 11.5 Å². The van der Waals surface area contributed by atoms with Gasteiger partial charge in [0.2, 0.25) is 23.6 Å². The molecule has 0 radical (unpaired) electrons. The van der Waals surface area contributed by atoms with E-state index in [1.54, 1.807) is 30.3 Å². The SMILES string of the molecule is CC(O)C(N)C(=O)NC(CCC(N)=O)C(=O)NC(Cc1cnc[nH]1)C(=O)NC(Cc1ccccc1)C(=O)O. The van der Waals surface area contributed by atoms with Crippen molar-refractivity contribution in [3.8, 4) is 0 Å². The van der Waals surface area contributed by atoms with Crippen LogP contribution in [-0.2, 0) is 36.8 Å². The highest BCUT2D eigenvalue weighted by Gasteiger charge is 2.31. The number of rotatable bonds is 15. The summed E-state index contributed by atoms with van der Waals surface area (Å²) < 4.78 is 0. The number of aliphatic hydroxyl groups excluding tert-OH is 1. The van der Waals surface area contributed by atoms with Crippen LogP contribution in [0.25, 0.3) is 0 Å². The number of primary amides is 1. The number of aliphatic carboxylic acids is 1. The maximum absolute atomic E-state index is 13.2. The number of carboxylic acids is 1. The molecule has 0 aliphatic carbocycles. The van der Waals surface area contributed by atoms with E-state index in [1.807, 2.05) is 0 Å². The molecule has 14 heteroatoms. The number of imidazole rings is 1. The maximum atomic E-state index is 13.2. The largest absolute Gasteiger partial charge is 0.480 e. The van der Waals surface area contributed by atoms with Crippen molar-refractivity contribution < 1.29 is 34.2 Å². The molecule has 0 bridgehead atoms. The molecule has 1 aromatic heterocycles. The summed E-state index contributed by atoms with van der Waals surface area (Å²) in [6.45, 7) is 1.29. The number of nitrogens with zero attached hydrogens (tertiary/aromatic N) is 1. The summed E-state index contributed by atoms with van der Waals surface area (Å²) in [5.41, 5.74) is 12.0. The summed E-state index contributed by atoms with van der Waals surface area (Å²) in [4.78, 5) is 68.5. The summed E-state index contributed by atoms with van der Waals surface area (Å²) in [6, 6.07) is 3.44. The number of aliphatic hydroxyl groups is 1. The third-order valence-electron chi connectivity index (χ3n) is 5.64. The molecule has 0 saturated heterocycles. The minimum Gasteiger partial charge on any atom is -0.480 e. The third kappa shape index (κ3) is 9.63. The van der Waals surface area contributed by atoms with E-state index in [0.29, 0.717) is 11.3 Å². The molecule has 5 unspecified atom stereocenters. The monoisotopic (exact) mass is 531 g/mol. The van der Waals surface area contributed by atoms with Crippen molar-refractivity contribution in [1.29, 1.82) is 0 Å². The molecule has 0 saturated carbocycles. The Morgan fingerprint density at radius 3 is 2.11 bits per heavy atom. The molecule has 0 fully saturated rings. The minimum atomic E-state index is -1.35. The molecule has 0 aliphatic rings. The Hall–Kier alpha value is -4.30. The van der Waals surface area contributed by atoms with E-state index in [4.69, 9.17) is 11.5 Å². The Morgan fingerprint density at radius 2 is 1.55 bits per heavy atom. The van der Waals surface area contributed by atoms with Crippen molar-refractivity contribution in [1.82, 2.24) is 25.9 Å². The second-order valence-corrected chi connectivity index (χ2v) is 8.76. The van der Waals surface area contributed by atoms with Gasteiger partial charge in [-0.2, -0.15) is 0 Å². The average molecular weight is 532 g/mol. The Morgan fingerprint density at radius 1 is 0.947 bits per heavy atom. The standard InChI is InChI=1S/C24H33N7O7/c1-13(32)20(26)23(36)29-16(7-8-19(25)33)21(34)30-17(10-15-11-27-12-28-15)22(35)31-18(24(37)38)9-14-5-3-2-4-6-14/h2-6,11-13,16-18,20,32H,7-10,26H2,1H3,(H2,25,33)(H,27,28)(H,29,36)(H,30,34)(H,31,35)(H,37,38). The van der Waals surface area contributed by atoms with Crippen LogP contribution < -0.4 is 27.4 Å². The van der Waals surface area contributed by atoms with Crippen LogP contribution in [0.4, 0.5) is 0 Å². The second kappa shape index (κ2) is 14.4. The molecule has 5 atom stereocenters. The summed E-state index contributed by atoms with van der Waals surface area (Å²) in [6.07, 6.45) is 1.03. The lowest BCUT2D eigenvalue weighted by molar-refractivity contribution is -0.142. The first-order valence-electron chi connectivity index (χ1n) is 11.8. The lowest BCUT2D eigenvalue weighted by atomic mass is 10.0. The first kappa shape index (κ1) is 29.9. The summed E-state index contributed by atoms with van der Waals surface area (Å²) >= 11 is 0. The van der Waals surface area contributed by atoms with Gasteiger partial charge in [0, 0.05) is 31.2 Å². The first-order chi connectivity index (χ1) is 18.0. The van der Waals surface area contributed by atoms with E-state index < -0.39 is 59.9 Å². The van der Waals surface area contributed by atoms with Crippen LogP contribution in [0, 0.1) is 0 Å². The van der Waals surface area contributed by atoms with Gasteiger partial charge in [-0.1, -0.05) is 30.3 Å². The van der Waals surface area contributed by atoms with Crippen LogP contribution in [0.1, 0.15) is 31.0 Å². The molecule has 14 nitrogen and oxygen atoms in total. The van der Waals surface area contributed by atoms with Gasteiger partial charge in [-0.3, -0.25) is 19.2 Å². The van der Waals surface area contributed by atoms with Crippen LogP contribution in [0.15, 0.2) is 42.9 Å². The van der Waals surface area contributed by atoms with Crippen molar-refractivity contribution in [2.75, 3.05) is 0 Å². The van der Waals surface area contributed by atoms with Gasteiger partial charge in [-0.15, -0.1) is 0 Å². The molecule has 2 rings (SSSR count). The Bertz CT molecular complexity index is 1090. The maximum Gasteiger partial charge on any atom is 0.326 e. The fraction of sp³-hybridized carbons (Fsp3) is 0.417. The highest BCUT2D eigenvalue weighted by atomic mass is 16.4. The van der Waals surface area contributed by atoms with Crippen molar-refractivity contribution >= 4 is 29.6 Å². The smallest absolute Gasteiger partial charge is 0.326 e. The Kier molecular flexibility index (Phi) is 11.4. The Labute approximate surface area is 218 Å². The van der Waals surface area contributed by atoms with Crippen molar-refractivity contribution in [3.05, 3.63) is 54.1 Å². The zero-order valence-electron chi connectivity index (χ0n) is 20.8. The molecule has 206 valence electrons. The fourth-order valence-corrected chi connectivity index (χ4v) is 3.46. The molecule has 2 aromatic rings. The zero-order chi connectivity index (χ0) is 28.2. The number of aromatic amines is 1. The molecule has 0 spiro atoms. The molecule has 10 N–H and O–H groups in total. The van der Waals surface area contributed by atoms with E-state index in [0.717, 1.165) is 0 Å². The van der Waals surface area contributed by atoms with Gasteiger partial charge in [0.25, 0.3) is 0 Å². The van der Waals surface area contributed by atoms with Crippen LogP contribution in [0.3, 0.4) is 0 Å². The van der Waals surface area contributed by atoms with Crippen LogP contribution in [0.5, 0.6) is 0 Å². The molecule has 1 aromatic carbocycles. The quantitative estimate of drug-likeness (QED) is 0.123. The van der Waals surface area contributed by atoms with E-state index in [2.05, 4.69) is 25.9 Å². The predicted molar refractivity (Wildman–Crippen MR) is 134 cm³/mol. The lowest BCUT2D eigenvalue weighted by Crippen LogP contribution is -2.58. The molecular weight excluding hydrogens is 498 g/mol. The highest BCUT2D eigenvalue weighted by Crippen LogP contribution is 2.07. The zero-order valence-corrected chi connectivity index (χ0v) is 20.8. The molecular formula is C24H33N7O7. The minimum absolute atomic E-state index is 0.00115. The van der Waals surface area contributed by atoms with Gasteiger partial charge in [0.1, 0.15) is 24.2 Å². The van der Waals surface area contributed by atoms with E-state index >= 15 is 0 Å². The van der Waals surface area contributed by atoms with E-state index in [9.17, 15) is 34.2 Å². The molecule has 38 heavy (non-hydrogen) atoms. The van der Waals surface area contributed by atoms with Gasteiger partial charge in [0.05, 0.1) is 12.4 Å². The number of benzene rings is 1. The van der Waals surface area contributed by atoms with Crippen molar-refractivity contribution in [2.45, 2.75) is 62.9 Å². The van der Waals surface area contributed by atoms with Gasteiger partial charge >= 0.3 is 5.97 Å². The molecule has 4 amide bonds. The number of aromatic nitrogens is 2. The number of nitrogens with one attached hydrogen (secondary N) is 4. The number of carbonyl (C=O) groups is 5. The van der Waals surface area contributed by atoms with Gasteiger partial charge < -0.3 is 42.6 Å². The van der Waals surface area contributed by atoms with Crippen LogP contribution >= 0.6 is 0 Å². The topological polar surface area (TPSA) is 243 Å². The van der Waals surface area contributed by atoms with E-state index in [-0.39, 0.29) is 25.7 Å². The number of nitrogens with two attached hydrogens (primary N) is 2. The number of H-pyrrole nitrogens is 1. The first-order valence-corrected chi connectivity index (χ1v) is 11.8. The Balaban J connectivity index is 2.22. The fourth-order valence-electron chi connectivity index (χ4n) is 3.46. The summed E-state index contributed by atoms with van der Waals surface area (Å²) in [5.74, 6) is -4.49. The van der Waals surface area contributed by atoms with Gasteiger partial charge in [0.15, 0.2) is 0 Å². The van der Waals surface area contributed by atoms with E-state index in [1.165, 1.54) is 19.4 Å². The van der Waals surface area contributed by atoms with Gasteiger partial charge in [-0.05, 0) is 18.9 Å². The van der Waals surface area contributed by atoms with Crippen molar-refractivity contribution in [3.63, 3.8) is 0 Å². The summed E-state index contributed by atoms with van der Waals surface area (Å²) in [5, 5.41) is 26.6. The van der Waals surface area contributed by atoms with Gasteiger partial charge in [-0.25, -0.2) is 9.78 Å². The van der Waals surface area contributed by atoms with Crippen LogP contribution in [0.2, 0.25) is 0 Å². The lowest BCUT2D eigenvalue weighted by Gasteiger charge is -2.25. The number of hydrogen-bond acceptors (Lipinski definition) is 8.